The quantitative estimate of drug-likeness (QED) is 0.452. The zero-order valence-electron chi connectivity index (χ0n) is 16.5. The topological polar surface area (TPSA) is 70.1 Å². The molecular weight excluding hydrogens is 404 g/mol. The number of halogens is 1. The van der Waals surface area contributed by atoms with E-state index in [4.69, 9.17) is 16.3 Å². The van der Waals surface area contributed by atoms with Crippen molar-refractivity contribution in [2.24, 2.45) is 0 Å². The smallest absolute Gasteiger partial charge is 0.295 e. The maximum Gasteiger partial charge on any atom is 0.295 e. The first-order valence-corrected chi connectivity index (χ1v) is 10.3. The molecule has 1 amide bonds. The normalized spacial score (nSPS) is 21.9. The lowest BCUT2D eigenvalue weighted by atomic mass is 9.95. The van der Waals surface area contributed by atoms with Crippen molar-refractivity contribution >= 4 is 29.1 Å². The van der Waals surface area contributed by atoms with E-state index < -0.39 is 17.7 Å². The molecule has 30 heavy (non-hydrogen) atoms. The van der Waals surface area contributed by atoms with E-state index in [0.29, 0.717) is 36.9 Å². The lowest BCUT2D eigenvalue weighted by Crippen LogP contribution is -2.42. The molecule has 2 aromatic carbocycles. The van der Waals surface area contributed by atoms with Gasteiger partial charge < -0.3 is 14.7 Å². The summed E-state index contributed by atoms with van der Waals surface area (Å²) < 4.78 is 5.38. The summed E-state index contributed by atoms with van der Waals surface area (Å²) >= 11 is 6.04. The largest absolute Gasteiger partial charge is 0.507 e. The van der Waals surface area contributed by atoms with Crippen molar-refractivity contribution in [3.63, 3.8) is 0 Å². The number of likely N-dealkylation sites (tertiary alicyclic amines) is 1. The van der Waals surface area contributed by atoms with Crippen LogP contribution in [-0.2, 0) is 14.3 Å². The first-order valence-electron chi connectivity index (χ1n) is 9.95. The van der Waals surface area contributed by atoms with E-state index in [0.717, 1.165) is 18.7 Å². The van der Waals surface area contributed by atoms with Gasteiger partial charge in [-0.05, 0) is 17.7 Å². The number of aliphatic hydroxyl groups is 1. The molecule has 1 atom stereocenters. The molecule has 0 radical (unpaired) electrons. The molecule has 0 spiro atoms. The van der Waals surface area contributed by atoms with Crippen LogP contribution in [0.5, 0.6) is 0 Å². The molecule has 2 fully saturated rings. The predicted molar refractivity (Wildman–Crippen MR) is 114 cm³/mol. The van der Waals surface area contributed by atoms with E-state index >= 15 is 0 Å². The minimum absolute atomic E-state index is 0.107. The second-order valence-corrected chi connectivity index (χ2v) is 7.80. The minimum Gasteiger partial charge on any atom is -0.507 e. The number of hydrogen-bond donors (Lipinski definition) is 1. The highest BCUT2D eigenvalue weighted by Crippen LogP contribution is 2.39. The Morgan fingerprint density at radius 2 is 1.67 bits per heavy atom. The highest BCUT2D eigenvalue weighted by atomic mass is 35.5. The summed E-state index contributed by atoms with van der Waals surface area (Å²) in [5, 5.41) is 11.5. The summed E-state index contributed by atoms with van der Waals surface area (Å²) in [5.41, 5.74) is 1.34. The number of Topliss-reactive ketones (excluding diaryl/α,β-unsaturated/α-hetero) is 1. The van der Waals surface area contributed by atoms with Gasteiger partial charge in [-0.1, -0.05) is 54.1 Å². The van der Waals surface area contributed by atoms with Crippen LogP contribution in [-0.4, -0.2) is 66.0 Å². The first-order chi connectivity index (χ1) is 14.6. The first kappa shape index (κ1) is 20.6. The van der Waals surface area contributed by atoms with Gasteiger partial charge in [-0.2, -0.15) is 0 Å². The van der Waals surface area contributed by atoms with Crippen LogP contribution in [0.25, 0.3) is 5.76 Å². The number of carbonyl (C=O) groups is 2. The van der Waals surface area contributed by atoms with E-state index in [2.05, 4.69) is 4.90 Å². The number of rotatable bonds is 5. The fraction of sp³-hybridized carbons (Fsp3) is 0.304. The predicted octanol–water partition coefficient (Wildman–Crippen LogP) is 3.09. The van der Waals surface area contributed by atoms with Gasteiger partial charge in [0.15, 0.2) is 0 Å². The molecule has 0 aliphatic carbocycles. The average molecular weight is 427 g/mol. The molecule has 0 aromatic heterocycles. The van der Waals surface area contributed by atoms with Crippen LogP contribution in [0.15, 0.2) is 60.2 Å². The number of carbonyl (C=O) groups excluding carboxylic acids is 2. The van der Waals surface area contributed by atoms with Crippen molar-refractivity contribution in [1.82, 2.24) is 9.80 Å². The van der Waals surface area contributed by atoms with Gasteiger partial charge in [0.25, 0.3) is 11.7 Å². The summed E-state index contributed by atoms with van der Waals surface area (Å²) in [4.78, 5) is 29.7. The Hall–Kier alpha value is -2.67. The average Bonchev–Trinajstić information content (AvgIpc) is 3.04. The second-order valence-electron chi connectivity index (χ2n) is 7.36. The molecule has 2 aliphatic rings. The van der Waals surface area contributed by atoms with Gasteiger partial charge in [0.05, 0.1) is 24.8 Å². The van der Waals surface area contributed by atoms with Crippen LogP contribution in [0.4, 0.5) is 0 Å². The third-order valence-corrected chi connectivity index (χ3v) is 5.79. The molecular formula is C23H23ClN2O4. The number of morpholine rings is 1. The van der Waals surface area contributed by atoms with Crippen molar-refractivity contribution in [3.8, 4) is 0 Å². The molecule has 0 saturated carbocycles. The fourth-order valence-corrected chi connectivity index (χ4v) is 4.05. The van der Waals surface area contributed by atoms with Gasteiger partial charge in [0.2, 0.25) is 0 Å². The molecule has 7 heteroatoms. The number of hydrogen-bond acceptors (Lipinski definition) is 5. The van der Waals surface area contributed by atoms with Gasteiger partial charge in [0, 0.05) is 36.8 Å². The third kappa shape index (κ3) is 4.12. The van der Waals surface area contributed by atoms with Gasteiger partial charge in [-0.25, -0.2) is 0 Å². The Morgan fingerprint density at radius 3 is 2.33 bits per heavy atom. The maximum atomic E-state index is 13.0. The van der Waals surface area contributed by atoms with E-state index in [1.807, 2.05) is 6.07 Å². The second kappa shape index (κ2) is 9.00. The van der Waals surface area contributed by atoms with Crippen molar-refractivity contribution in [3.05, 3.63) is 76.3 Å². The third-order valence-electron chi connectivity index (χ3n) is 5.53. The molecule has 1 N–H and O–H groups in total. The molecule has 2 heterocycles. The number of ether oxygens (including phenoxy) is 1. The van der Waals surface area contributed by atoms with E-state index in [-0.39, 0.29) is 11.3 Å². The number of amides is 1. The van der Waals surface area contributed by atoms with Gasteiger partial charge in [-0.3, -0.25) is 14.5 Å². The standard InChI is InChI=1S/C23H23ClN2O4/c24-18-8-6-16(7-9-18)20-19(21(27)17-4-2-1-3-5-17)22(28)23(29)26(20)11-10-25-12-14-30-15-13-25/h1-9,20,27H,10-15H2/b21-19+/t20-/m1/s1. The molecule has 2 saturated heterocycles. The van der Waals surface area contributed by atoms with Crippen LogP contribution < -0.4 is 0 Å². The monoisotopic (exact) mass is 426 g/mol. The van der Waals surface area contributed by atoms with Gasteiger partial charge in [-0.15, -0.1) is 0 Å². The Morgan fingerprint density at radius 1 is 1.00 bits per heavy atom. The van der Waals surface area contributed by atoms with Crippen LogP contribution in [0, 0.1) is 0 Å². The van der Waals surface area contributed by atoms with Crippen molar-refractivity contribution in [2.75, 3.05) is 39.4 Å². The maximum absolute atomic E-state index is 13.0. The van der Waals surface area contributed by atoms with Crippen molar-refractivity contribution in [2.45, 2.75) is 6.04 Å². The van der Waals surface area contributed by atoms with E-state index in [9.17, 15) is 14.7 Å². The fourth-order valence-electron chi connectivity index (χ4n) is 3.93. The molecule has 4 rings (SSSR count). The number of nitrogens with zero attached hydrogens (tertiary/aromatic N) is 2. The molecule has 6 nitrogen and oxygen atoms in total. The van der Waals surface area contributed by atoms with E-state index in [1.165, 1.54) is 0 Å². The summed E-state index contributed by atoms with van der Waals surface area (Å²) in [6.07, 6.45) is 0. The zero-order valence-corrected chi connectivity index (χ0v) is 17.2. The molecule has 2 aliphatic heterocycles. The Labute approximate surface area is 180 Å². The van der Waals surface area contributed by atoms with Gasteiger partial charge in [0.1, 0.15) is 5.76 Å². The molecule has 0 unspecified atom stereocenters. The molecule has 0 bridgehead atoms. The lowest BCUT2D eigenvalue weighted by molar-refractivity contribution is -0.140. The van der Waals surface area contributed by atoms with Crippen molar-refractivity contribution in [1.29, 1.82) is 0 Å². The SMILES string of the molecule is O=C1C(=O)N(CCN2CCOCC2)[C@H](c2ccc(Cl)cc2)/C1=C(\O)c1ccccc1. The number of ketones is 1. The highest BCUT2D eigenvalue weighted by molar-refractivity contribution is 6.46. The van der Waals surface area contributed by atoms with Crippen molar-refractivity contribution < 1.29 is 19.4 Å². The Balaban J connectivity index is 1.72. The van der Waals surface area contributed by atoms with Crippen LogP contribution in [0.2, 0.25) is 5.02 Å². The summed E-state index contributed by atoms with van der Waals surface area (Å²) in [5.74, 6) is -1.43. The van der Waals surface area contributed by atoms with Gasteiger partial charge >= 0.3 is 0 Å². The van der Waals surface area contributed by atoms with Crippen LogP contribution in [0.3, 0.4) is 0 Å². The molecule has 156 valence electrons. The Kier molecular flexibility index (Phi) is 6.18. The summed E-state index contributed by atoms with van der Waals surface area (Å²) in [7, 11) is 0. The zero-order chi connectivity index (χ0) is 21.1. The lowest BCUT2D eigenvalue weighted by Gasteiger charge is -2.31. The Bertz CT molecular complexity index is 953. The summed E-state index contributed by atoms with van der Waals surface area (Å²) in [6, 6.07) is 15.2. The highest BCUT2D eigenvalue weighted by Gasteiger charge is 2.46. The van der Waals surface area contributed by atoms with E-state index in [1.54, 1.807) is 53.4 Å². The van der Waals surface area contributed by atoms with Crippen LogP contribution >= 0.6 is 11.6 Å². The number of benzene rings is 2. The minimum atomic E-state index is -0.668. The number of aliphatic hydroxyl groups excluding tert-OH is 1. The molecule has 2 aromatic rings. The van der Waals surface area contributed by atoms with Crippen LogP contribution in [0.1, 0.15) is 17.2 Å². The summed E-state index contributed by atoms with van der Waals surface area (Å²) in [6.45, 7) is 3.91.